The first-order chi connectivity index (χ1) is 9.72. The van der Waals surface area contributed by atoms with E-state index in [1.54, 1.807) is 48.5 Å². The average Bonchev–Trinajstić information content (AvgIpc) is 2.49. The lowest BCUT2D eigenvalue weighted by atomic mass is 10.2. The number of rotatable bonds is 3. The van der Waals surface area contributed by atoms with E-state index in [0.29, 0.717) is 16.8 Å². The standard InChI is InChI=1S/C15H8N2OS2/c16-9-11-1-7-14(8-2-11)20-15(18)12-3-5-13(6-4-12)17-10-19/h1-8H. The summed E-state index contributed by atoms with van der Waals surface area (Å²) in [5.74, 6) is 0. The highest BCUT2D eigenvalue weighted by atomic mass is 32.2. The number of thiocarbonyl (C=S) groups is 1. The van der Waals surface area contributed by atoms with Gasteiger partial charge in [-0.3, -0.25) is 4.79 Å². The summed E-state index contributed by atoms with van der Waals surface area (Å²) in [5.41, 5.74) is 1.83. The zero-order chi connectivity index (χ0) is 14.4. The zero-order valence-electron chi connectivity index (χ0n) is 10.2. The normalized spacial score (nSPS) is 9.35. The summed E-state index contributed by atoms with van der Waals surface area (Å²) in [6.07, 6.45) is 0. The van der Waals surface area contributed by atoms with Crippen molar-refractivity contribution in [3.8, 4) is 6.07 Å². The summed E-state index contributed by atoms with van der Waals surface area (Å²) in [5, 5.41) is 10.9. The van der Waals surface area contributed by atoms with Crippen LogP contribution in [0.2, 0.25) is 0 Å². The van der Waals surface area contributed by atoms with E-state index in [4.69, 9.17) is 5.26 Å². The predicted octanol–water partition coefficient (Wildman–Crippen LogP) is 4.23. The number of aliphatic imine (C=N–C) groups is 1. The fourth-order valence-electron chi connectivity index (χ4n) is 1.49. The molecule has 96 valence electrons. The molecule has 20 heavy (non-hydrogen) atoms. The summed E-state index contributed by atoms with van der Waals surface area (Å²) < 4.78 is 0. The Morgan fingerprint density at radius 3 is 2.30 bits per heavy atom. The Labute approximate surface area is 126 Å². The van der Waals surface area contributed by atoms with Gasteiger partial charge in [-0.15, -0.1) is 0 Å². The van der Waals surface area contributed by atoms with E-state index in [1.165, 1.54) is 0 Å². The molecule has 0 atom stereocenters. The first-order valence-corrected chi connectivity index (χ1v) is 6.85. The molecule has 0 fully saturated rings. The van der Waals surface area contributed by atoms with Gasteiger partial charge in [-0.1, -0.05) is 0 Å². The summed E-state index contributed by atoms with van der Waals surface area (Å²) in [6, 6.07) is 15.8. The maximum absolute atomic E-state index is 12.1. The third kappa shape index (κ3) is 3.62. The van der Waals surface area contributed by atoms with Crippen molar-refractivity contribution in [2.24, 2.45) is 4.99 Å². The molecule has 2 rings (SSSR count). The Hall–Kier alpha value is -2.25. The van der Waals surface area contributed by atoms with Crippen molar-refractivity contribution in [1.29, 1.82) is 5.26 Å². The molecule has 0 aliphatic heterocycles. The van der Waals surface area contributed by atoms with Crippen molar-refractivity contribution in [3.63, 3.8) is 0 Å². The minimum Gasteiger partial charge on any atom is -0.281 e. The van der Waals surface area contributed by atoms with Gasteiger partial charge < -0.3 is 0 Å². The Morgan fingerprint density at radius 2 is 1.75 bits per heavy atom. The third-order valence-electron chi connectivity index (χ3n) is 2.47. The molecule has 2 aromatic rings. The van der Waals surface area contributed by atoms with Gasteiger partial charge in [-0.25, -0.2) is 0 Å². The molecular formula is C15H8N2OS2. The van der Waals surface area contributed by atoms with Gasteiger partial charge in [0.1, 0.15) is 0 Å². The van der Waals surface area contributed by atoms with Crippen molar-refractivity contribution in [2.75, 3.05) is 0 Å². The smallest absolute Gasteiger partial charge is 0.224 e. The molecule has 0 N–H and O–H groups in total. The molecule has 0 aliphatic carbocycles. The highest BCUT2D eigenvalue weighted by Gasteiger charge is 2.08. The molecule has 2 aromatic carbocycles. The summed E-state index contributed by atoms with van der Waals surface area (Å²) in [7, 11) is 0. The van der Waals surface area contributed by atoms with Crippen molar-refractivity contribution in [1.82, 2.24) is 0 Å². The number of nitrogens with zero attached hydrogens (tertiary/aromatic N) is 2. The van der Waals surface area contributed by atoms with Gasteiger partial charge in [0.2, 0.25) is 5.12 Å². The summed E-state index contributed by atoms with van der Waals surface area (Å²) in [6.45, 7) is 0. The number of carbonyl (C=O) groups is 1. The highest BCUT2D eigenvalue weighted by Crippen LogP contribution is 2.24. The van der Waals surface area contributed by atoms with Crippen LogP contribution in [-0.2, 0) is 0 Å². The molecule has 3 nitrogen and oxygen atoms in total. The topological polar surface area (TPSA) is 53.2 Å². The van der Waals surface area contributed by atoms with Crippen LogP contribution < -0.4 is 0 Å². The number of benzene rings is 2. The molecule has 0 spiro atoms. The monoisotopic (exact) mass is 296 g/mol. The van der Waals surface area contributed by atoms with Crippen LogP contribution in [0.5, 0.6) is 0 Å². The van der Waals surface area contributed by atoms with Crippen LogP contribution in [0, 0.1) is 11.3 Å². The molecule has 0 aliphatic rings. The molecule has 0 saturated heterocycles. The van der Waals surface area contributed by atoms with Crippen LogP contribution in [-0.4, -0.2) is 10.3 Å². The summed E-state index contributed by atoms with van der Waals surface area (Å²) in [4.78, 5) is 16.7. The number of thioether (sulfide) groups is 1. The number of hydrogen-bond donors (Lipinski definition) is 0. The van der Waals surface area contributed by atoms with Crippen LogP contribution in [0.4, 0.5) is 5.69 Å². The fourth-order valence-corrected chi connectivity index (χ4v) is 2.33. The SMILES string of the molecule is N#Cc1ccc(SC(=O)c2ccc(N=C=S)cc2)cc1. The van der Waals surface area contributed by atoms with E-state index in [9.17, 15) is 4.79 Å². The molecule has 0 bridgehead atoms. The average molecular weight is 296 g/mol. The van der Waals surface area contributed by atoms with Crippen LogP contribution in [0.3, 0.4) is 0 Å². The van der Waals surface area contributed by atoms with E-state index in [2.05, 4.69) is 22.4 Å². The second-order valence-electron chi connectivity index (χ2n) is 3.78. The largest absolute Gasteiger partial charge is 0.281 e. The van der Waals surface area contributed by atoms with Gasteiger partial charge in [0.25, 0.3) is 0 Å². The van der Waals surface area contributed by atoms with E-state index in [0.717, 1.165) is 16.7 Å². The number of nitriles is 1. The molecule has 0 aromatic heterocycles. The highest BCUT2D eigenvalue weighted by molar-refractivity contribution is 8.14. The van der Waals surface area contributed by atoms with Gasteiger partial charge in [0.05, 0.1) is 22.5 Å². The number of carbonyl (C=O) groups excluding carboxylic acids is 1. The van der Waals surface area contributed by atoms with Crippen molar-refractivity contribution < 1.29 is 4.79 Å². The maximum Gasteiger partial charge on any atom is 0.224 e. The van der Waals surface area contributed by atoms with Crippen molar-refractivity contribution >= 4 is 39.9 Å². The first-order valence-electron chi connectivity index (χ1n) is 5.63. The van der Waals surface area contributed by atoms with E-state index < -0.39 is 0 Å². The molecule has 0 saturated carbocycles. The van der Waals surface area contributed by atoms with E-state index >= 15 is 0 Å². The molecule has 0 amide bonds. The van der Waals surface area contributed by atoms with E-state index in [-0.39, 0.29) is 5.12 Å². The van der Waals surface area contributed by atoms with Crippen molar-refractivity contribution in [2.45, 2.75) is 4.90 Å². The van der Waals surface area contributed by atoms with E-state index in [1.807, 2.05) is 6.07 Å². The fraction of sp³-hybridized carbons (Fsp3) is 0. The molecule has 0 heterocycles. The second kappa shape index (κ2) is 6.78. The first kappa shape index (κ1) is 14.2. The lowest BCUT2D eigenvalue weighted by molar-refractivity contribution is 0.108. The van der Waals surface area contributed by atoms with Gasteiger partial charge in [-0.05, 0) is 72.5 Å². The van der Waals surface area contributed by atoms with Crippen LogP contribution in [0.15, 0.2) is 58.4 Å². The summed E-state index contributed by atoms with van der Waals surface area (Å²) >= 11 is 5.63. The number of hydrogen-bond acceptors (Lipinski definition) is 5. The Balaban J connectivity index is 2.11. The quantitative estimate of drug-likeness (QED) is 0.483. The molecule has 0 radical (unpaired) electrons. The van der Waals surface area contributed by atoms with Crippen LogP contribution in [0.1, 0.15) is 15.9 Å². The minimum absolute atomic E-state index is 0.0624. The molecule has 0 unspecified atom stereocenters. The van der Waals surface area contributed by atoms with Gasteiger partial charge in [0, 0.05) is 10.5 Å². The predicted molar refractivity (Wildman–Crippen MR) is 82.5 cm³/mol. The van der Waals surface area contributed by atoms with Crippen molar-refractivity contribution in [3.05, 3.63) is 59.7 Å². The van der Waals surface area contributed by atoms with Gasteiger partial charge in [0.15, 0.2) is 0 Å². The Kier molecular flexibility index (Phi) is 4.80. The minimum atomic E-state index is -0.0624. The molecular weight excluding hydrogens is 288 g/mol. The Morgan fingerprint density at radius 1 is 1.10 bits per heavy atom. The Bertz CT molecular complexity index is 709. The maximum atomic E-state index is 12.1. The second-order valence-corrected chi connectivity index (χ2v) is 5.00. The number of isothiocyanates is 1. The van der Waals surface area contributed by atoms with Crippen LogP contribution >= 0.6 is 24.0 Å². The zero-order valence-corrected chi connectivity index (χ0v) is 11.9. The lowest BCUT2D eigenvalue weighted by Gasteiger charge is -2.01. The molecule has 5 heteroatoms. The third-order valence-corrected chi connectivity index (χ3v) is 3.49. The van der Waals surface area contributed by atoms with Crippen LogP contribution in [0.25, 0.3) is 0 Å². The van der Waals surface area contributed by atoms with Gasteiger partial charge in [-0.2, -0.15) is 10.3 Å². The van der Waals surface area contributed by atoms with Gasteiger partial charge >= 0.3 is 0 Å². The lowest BCUT2D eigenvalue weighted by Crippen LogP contribution is -1.92.